The van der Waals surface area contributed by atoms with Gasteiger partial charge >= 0.3 is 5.97 Å². The predicted molar refractivity (Wildman–Crippen MR) is 69.5 cm³/mol. The van der Waals surface area contributed by atoms with E-state index in [1.807, 2.05) is 6.07 Å². The summed E-state index contributed by atoms with van der Waals surface area (Å²) in [7, 11) is 0. The van der Waals surface area contributed by atoms with Gasteiger partial charge in [-0.2, -0.15) is 0 Å². The summed E-state index contributed by atoms with van der Waals surface area (Å²) in [5, 5.41) is 0. The number of hydrogen-bond donors (Lipinski definition) is 0. The molecule has 0 spiro atoms. The van der Waals surface area contributed by atoms with Gasteiger partial charge in [-0.15, -0.1) is 0 Å². The number of esters is 1. The van der Waals surface area contributed by atoms with E-state index in [-0.39, 0.29) is 5.97 Å². The summed E-state index contributed by atoms with van der Waals surface area (Å²) in [5.74, 6) is 0.443. The number of rotatable bonds is 4. The standard InChI is InChI=1S/C15H18O3/c1-3-17-15(16)11(2)10-18-14-8-7-12-5-4-6-13(12)9-14/h7-10H,3-6H2,1-2H3/b11-10-. The lowest BCUT2D eigenvalue weighted by molar-refractivity contribution is -0.138. The Labute approximate surface area is 107 Å². The van der Waals surface area contributed by atoms with Gasteiger partial charge in [0.05, 0.1) is 12.2 Å². The molecule has 0 unspecified atom stereocenters. The Morgan fingerprint density at radius 3 is 2.89 bits per heavy atom. The molecular weight excluding hydrogens is 228 g/mol. The number of ether oxygens (including phenoxy) is 2. The largest absolute Gasteiger partial charge is 0.464 e. The number of fused-ring (bicyclic) bond motifs is 1. The second-order valence-corrected chi connectivity index (χ2v) is 4.42. The molecule has 0 heterocycles. The minimum atomic E-state index is -0.335. The lowest BCUT2D eigenvalue weighted by atomic mass is 10.1. The van der Waals surface area contributed by atoms with Gasteiger partial charge in [-0.3, -0.25) is 0 Å². The third-order valence-electron chi connectivity index (χ3n) is 3.04. The Balaban J connectivity index is 2.01. The van der Waals surface area contributed by atoms with Crippen molar-refractivity contribution in [2.75, 3.05) is 6.61 Å². The van der Waals surface area contributed by atoms with Gasteiger partial charge in [0.2, 0.25) is 0 Å². The van der Waals surface area contributed by atoms with Crippen LogP contribution in [0.4, 0.5) is 0 Å². The number of carbonyl (C=O) groups is 1. The fourth-order valence-electron chi connectivity index (χ4n) is 2.07. The van der Waals surface area contributed by atoms with E-state index >= 15 is 0 Å². The molecule has 0 N–H and O–H groups in total. The first kappa shape index (κ1) is 12.7. The lowest BCUT2D eigenvalue weighted by Gasteiger charge is -2.05. The van der Waals surface area contributed by atoms with Crippen LogP contribution >= 0.6 is 0 Å². The van der Waals surface area contributed by atoms with Gasteiger partial charge in [0, 0.05) is 0 Å². The molecule has 0 radical (unpaired) electrons. The van der Waals surface area contributed by atoms with Gasteiger partial charge in [-0.05, 0) is 56.4 Å². The SMILES string of the molecule is CCOC(=O)/C(C)=C\Oc1ccc2c(c1)CCC2. The maximum absolute atomic E-state index is 11.4. The molecule has 0 aromatic heterocycles. The second-order valence-electron chi connectivity index (χ2n) is 4.42. The zero-order chi connectivity index (χ0) is 13.0. The smallest absolute Gasteiger partial charge is 0.336 e. The average Bonchev–Trinajstić information content (AvgIpc) is 2.83. The molecule has 1 aliphatic carbocycles. The first-order valence-corrected chi connectivity index (χ1v) is 6.33. The second kappa shape index (κ2) is 5.71. The van der Waals surface area contributed by atoms with E-state index in [1.54, 1.807) is 13.8 Å². The van der Waals surface area contributed by atoms with Gasteiger partial charge in [0.25, 0.3) is 0 Å². The maximum atomic E-state index is 11.4. The first-order valence-electron chi connectivity index (χ1n) is 6.33. The van der Waals surface area contributed by atoms with Crippen molar-refractivity contribution in [1.82, 2.24) is 0 Å². The monoisotopic (exact) mass is 246 g/mol. The topological polar surface area (TPSA) is 35.5 Å². The van der Waals surface area contributed by atoms with E-state index in [1.165, 1.54) is 23.8 Å². The zero-order valence-corrected chi connectivity index (χ0v) is 10.9. The van der Waals surface area contributed by atoms with Crippen LogP contribution in [0.15, 0.2) is 30.0 Å². The highest BCUT2D eigenvalue weighted by atomic mass is 16.5. The highest BCUT2D eigenvalue weighted by Gasteiger charge is 2.11. The Kier molecular flexibility index (Phi) is 4.03. The normalized spacial score (nSPS) is 14.2. The number of aryl methyl sites for hydroxylation is 2. The van der Waals surface area contributed by atoms with E-state index in [4.69, 9.17) is 9.47 Å². The summed E-state index contributed by atoms with van der Waals surface area (Å²) >= 11 is 0. The molecule has 1 aliphatic rings. The van der Waals surface area contributed by atoms with E-state index in [9.17, 15) is 4.79 Å². The highest BCUT2D eigenvalue weighted by Crippen LogP contribution is 2.26. The van der Waals surface area contributed by atoms with Crippen LogP contribution in [0.1, 0.15) is 31.4 Å². The van der Waals surface area contributed by atoms with Crippen LogP contribution in [0, 0.1) is 0 Å². The molecule has 0 bridgehead atoms. The van der Waals surface area contributed by atoms with Gasteiger partial charge in [0.1, 0.15) is 12.0 Å². The predicted octanol–water partition coefficient (Wildman–Crippen LogP) is 3.02. The minimum absolute atomic E-state index is 0.335. The fraction of sp³-hybridized carbons (Fsp3) is 0.400. The molecule has 1 aromatic carbocycles. The molecule has 3 heteroatoms. The Morgan fingerprint density at radius 1 is 1.33 bits per heavy atom. The van der Waals surface area contributed by atoms with Crippen molar-refractivity contribution in [3.8, 4) is 5.75 Å². The molecule has 96 valence electrons. The molecule has 0 amide bonds. The molecule has 0 saturated carbocycles. The summed E-state index contributed by atoms with van der Waals surface area (Å²) in [4.78, 5) is 11.4. The van der Waals surface area contributed by atoms with Crippen molar-refractivity contribution in [2.45, 2.75) is 33.1 Å². The van der Waals surface area contributed by atoms with Crippen molar-refractivity contribution < 1.29 is 14.3 Å². The van der Waals surface area contributed by atoms with Crippen LogP contribution in [-0.4, -0.2) is 12.6 Å². The van der Waals surface area contributed by atoms with Crippen molar-refractivity contribution in [3.63, 3.8) is 0 Å². The summed E-state index contributed by atoms with van der Waals surface area (Å²) in [6.07, 6.45) is 4.95. The van der Waals surface area contributed by atoms with Gasteiger partial charge in [0.15, 0.2) is 0 Å². The number of hydrogen-bond acceptors (Lipinski definition) is 3. The van der Waals surface area contributed by atoms with Crippen molar-refractivity contribution >= 4 is 5.97 Å². The van der Waals surface area contributed by atoms with Crippen LogP contribution in [0.5, 0.6) is 5.75 Å². The van der Waals surface area contributed by atoms with Crippen molar-refractivity contribution in [2.24, 2.45) is 0 Å². The molecule has 1 aromatic rings. The fourth-order valence-corrected chi connectivity index (χ4v) is 2.07. The van der Waals surface area contributed by atoms with Crippen LogP contribution in [0.3, 0.4) is 0 Å². The van der Waals surface area contributed by atoms with Gasteiger partial charge < -0.3 is 9.47 Å². The van der Waals surface area contributed by atoms with Crippen LogP contribution < -0.4 is 4.74 Å². The van der Waals surface area contributed by atoms with Crippen molar-refractivity contribution in [3.05, 3.63) is 41.2 Å². The molecular formula is C15H18O3. The molecule has 2 rings (SSSR count). The van der Waals surface area contributed by atoms with Crippen LogP contribution in [-0.2, 0) is 22.4 Å². The number of benzene rings is 1. The molecule has 0 fully saturated rings. The molecule has 0 aliphatic heterocycles. The quantitative estimate of drug-likeness (QED) is 0.465. The summed E-state index contributed by atoms with van der Waals surface area (Å²) in [6.45, 7) is 3.85. The lowest BCUT2D eigenvalue weighted by Crippen LogP contribution is -2.06. The molecule has 3 nitrogen and oxygen atoms in total. The number of carbonyl (C=O) groups excluding carboxylic acids is 1. The summed E-state index contributed by atoms with van der Waals surface area (Å²) < 4.78 is 10.4. The molecule has 0 atom stereocenters. The van der Waals surface area contributed by atoms with Gasteiger partial charge in [-0.25, -0.2) is 4.79 Å². The molecule has 0 saturated heterocycles. The van der Waals surface area contributed by atoms with Crippen LogP contribution in [0.2, 0.25) is 0 Å². The van der Waals surface area contributed by atoms with Gasteiger partial charge in [-0.1, -0.05) is 6.07 Å². The van der Waals surface area contributed by atoms with E-state index < -0.39 is 0 Å². The van der Waals surface area contributed by atoms with E-state index in [0.29, 0.717) is 12.2 Å². The Hall–Kier alpha value is -1.77. The highest BCUT2D eigenvalue weighted by molar-refractivity contribution is 5.87. The van der Waals surface area contributed by atoms with Crippen LogP contribution in [0.25, 0.3) is 0 Å². The summed E-state index contributed by atoms with van der Waals surface area (Å²) in [6, 6.07) is 6.10. The Morgan fingerprint density at radius 2 is 2.11 bits per heavy atom. The summed E-state index contributed by atoms with van der Waals surface area (Å²) in [5.41, 5.74) is 3.24. The van der Waals surface area contributed by atoms with E-state index in [0.717, 1.165) is 18.6 Å². The zero-order valence-electron chi connectivity index (χ0n) is 10.9. The average molecular weight is 246 g/mol. The van der Waals surface area contributed by atoms with Crippen molar-refractivity contribution in [1.29, 1.82) is 0 Å². The molecule has 18 heavy (non-hydrogen) atoms. The minimum Gasteiger partial charge on any atom is -0.464 e. The Bertz CT molecular complexity index is 475. The maximum Gasteiger partial charge on any atom is 0.336 e. The van der Waals surface area contributed by atoms with E-state index in [2.05, 4.69) is 12.1 Å². The third-order valence-corrected chi connectivity index (χ3v) is 3.04. The first-order chi connectivity index (χ1) is 8.70. The third kappa shape index (κ3) is 2.92.